The van der Waals surface area contributed by atoms with Crippen LogP contribution in [-0.2, 0) is 9.59 Å². The Hall–Kier alpha value is -1.44. The molecule has 1 atom stereocenters. The highest BCUT2D eigenvalue weighted by atomic mass is 35.5. The van der Waals surface area contributed by atoms with E-state index >= 15 is 0 Å². The molecule has 1 aliphatic rings. The van der Waals surface area contributed by atoms with Crippen molar-refractivity contribution in [1.29, 1.82) is 0 Å². The van der Waals surface area contributed by atoms with Crippen molar-refractivity contribution in [2.24, 2.45) is 0 Å². The van der Waals surface area contributed by atoms with Crippen LogP contribution >= 0.6 is 34.7 Å². The predicted molar refractivity (Wildman–Crippen MR) is 82.9 cm³/mol. The molecule has 5 nitrogen and oxygen atoms in total. The maximum atomic E-state index is 12.4. The first-order valence-corrected chi connectivity index (χ1v) is 8.21. The van der Waals surface area contributed by atoms with Gasteiger partial charge in [0.05, 0.1) is 5.69 Å². The molecule has 0 N–H and O–H groups in total. The molecule has 1 fully saturated rings. The van der Waals surface area contributed by atoms with Gasteiger partial charge in [-0.1, -0.05) is 34.7 Å². The topological polar surface area (TPSA) is 63.2 Å². The fraction of sp³-hybridized carbons (Fsp3) is 0.231. The van der Waals surface area contributed by atoms with Gasteiger partial charge in [-0.2, -0.15) is 0 Å². The van der Waals surface area contributed by atoms with Gasteiger partial charge in [-0.15, -0.1) is 10.2 Å². The maximum Gasteiger partial charge on any atom is 0.247 e. The molecule has 2 aromatic rings. The second kappa shape index (κ2) is 5.75. The quantitative estimate of drug-likeness (QED) is 0.804. The van der Waals surface area contributed by atoms with Crippen molar-refractivity contribution < 1.29 is 9.59 Å². The molecular weight excluding hydrogens is 330 g/mol. The molecule has 8 heteroatoms. The Kier molecular flexibility index (Phi) is 3.97. The Morgan fingerprint density at radius 3 is 2.62 bits per heavy atom. The summed E-state index contributed by atoms with van der Waals surface area (Å²) < 4.78 is 0.705. The lowest BCUT2D eigenvalue weighted by atomic mass is 10.3. The van der Waals surface area contributed by atoms with Crippen LogP contribution in [0.1, 0.15) is 11.4 Å². The second-order valence-corrected chi connectivity index (χ2v) is 7.51. The minimum Gasteiger partial charge on any atom is -0.274 e. The Bertz CT molecular complexity index is 702. The van der Waals surface area contributed by atoms with Crippen LogP contribution < -0.4 is 4.90 Å². The molecule has 108 valence electrons. The highest BCUT2D eigenvalue weighted by Crippen LogP contribution is 2.35. The minimum atomic E-state index is -0.444. The lowest BCUT2D eigenvalue weighted by molar-refractivity contribution is -0.121. The molecular formula is C13H10ClN3O2S2. The smallest absolute Gasteiger partial charge is 0.247 e. The van der Waals surface area contributed by atoms with Gasteiger partial charge in [0, 0.05) is 11.4 Å². The fourth-order valence-corrected chi connectivity index (χ4v) is 4.21. The van der Waals surface area contributed by atoms with Crippen molar-refractivity contribution in [1.82, 2.24) is 10.2 Å². The Labute approximate surface area is 134 Å². The van der Waals surface area contributed by atoms with Gasteiger partial charge in [0.2, 0.25) is 11.8 Å². The van der Waals surface area contributed by atoms with Crippen LogP contribution in [0, 0.1) is 6.92 Å². The number of nitrogens with zero attached hydrogens (tertiary/aromatic N) is 3. The highest BCUT2D eigenvalue weighted by molar-refractivity contribution is 8.02. The maximum absolute atomic E-state index is 12.4. The monoisotopic (exact) mass is 339 g/mol. The fourth-order valence-electron chi connectivity index (χ4n) is 2.01. The molecule has 21 heavy (non-hydrogen) atoms. The van der Waals surface area contributed by atoms with Crippen molar-refractivity contribution >= 4 is 52.2 Å². The molecule has 1 aromatic carbocycles. The number of anilines is 1. The number of imide groups is 1. The van der Waals surface area contributed by atoms with E-state index in [0.717, 1.165) is 5.01 Å². The number of aromatic nitrogens is 2. The van der Waals surface area contributed by atoms with Crippen molar-refractivity contribution in [2.45, 2.75) is 22.9 Å². The molecule has 2 amide bonds. The molecule has 1 aliphatic heterocycles. The first kappa shape index (κ1) is 14.5. The first-order valence-electron chi connectivity index (χ1n) is 6.14. The average molecular weight is 340 g/mol. The number of thioether (sulfide) groups is 1. The van der Waals surface area contributed by atoms with Gasteiger partial charge in [0.25, 0.3) is 0 Å². The summed E-state index contributed by atoms with van der Waals surface area (Å²) in [5.74, 6) is -0.429. The highest BCUT2D eigenvalue weighted by Gasteiger charge is 2.40. The van der Waals surface area contributed by atoms with Crippen LogP contribution in [0.5, 0.6) is 0 Å². The van der Waals surface area contributed by atoms with Crippen molar-refractivity contribution in [3.63, 3.8) is 0 Å². The summed E-state index contributed by atoms with van der Waals surface area (Å²) in [6.07, 6.45) is 0.171. The van der Waals surface area contributed by atoms with E-state index in [1.807, 2.05) is 6.92 Å². The molecule has 0 spiro atoms. The van der Waals surface area contributed by atoms with Crippen LogP contribution in [0.3, 0.4) is 0 Å². The van der Waals surface area contributed by atoms with E-state index in [2.05, 4.69) is 10.2 Å². The summed E-state index contributed by atoms with van der Waals surface area (Å²) in [4.78, 5) is 25.7. The zero-order valence-corrected chi connectivity index (χ0v) is 13.3. The predicted octanol–water partition coefficient (Wildman–Crippen LogP) is 2.92. The molecule has 1 saturated heterocycles. The second-order valence-electron chi connectivity index (χ2n) is 4.44. The zero-order valence-electron chi connectivity index (χ0n) is 10.9. The number of rotatable bonds is 3. The normalized spacial score (nSPS) is 18.6. The lowest BCUT2D eigenvalue weighted by Crippen LogP contribution is -2.31. The van der Waals surface area contributed by atoms with E-state index in [0.29, 0.717) is 15.0 Å². The van der Waals surface area contributed by atoms with E-state index in [4.69, 9.17) is 11.6 Å². The molecule has 0 unspecified atom stereocenters. The number of carbonyl (C=O) groups excluding carboxylic acids is 2. The van der Waals surface area contributed by atoms with E-state index in [9.17, 15) is 9.59 Å². The average Bonchev–Trinajstić information content (AvgIpc) is 2.96. The lowest BCUT2D eigenvalue weighted by Gasteiger charge is -2.14. The van der Waals surface area contributed by atoms with Crippen LogP contribution in [0.2, 0.25) is 5.02 Å². The van der Waals surface area contributed by atoms with E-state index in [-0.39, 0.29) is 18.2 Å². The third-order valence-corrected chi connectivity index (χ3v) is 5.30. The Morgan fingerprint density at radius 1 is 1.29 bits per heavy atom. The first-order chi connectivity index (χ1) is 10.0. The Balaban J connectivity index is 1.80. The summed E-state index contributed by atoms with van der Waals surface area (Å²) in [5.41, 5.74) is 0.547. The number of aryl methyl sites for hydroxylation is 1. The summed E-state index contributed by atoms with van der Waals surface area (Å²) in [6.45, 7) is 1.85. The number of carbonyl (C=O) groups is 2. The van der Waals surface area contributed by atoms with Gasteiger partial charge in [-0.25, -0.2) is 4.90 Å². The summed E-state index contributed by atoms with van der Waals surface area (Å²) >= 11 is 8.53. The molecule has 1 aromatic heterocycles. The van der Waals surface area contributed by atoms with Crippen molar-refractivity contribution in [3.8, 4) is 0 Å². The molecule has 0 radical (unpaired) electrons. The van der Waals surface area contributed by atoms with Crippen LogP contribution in [0.15, 0.2) is 28.6 Å². The number of hydrogen-bond acceptors (Lipinski definition) is 6. The van der Waals surface area contributed by atoms with Crippen LogP contribution in [-0.4, -0.2) is 27.3 Å². The number of halogens is 1. The van der Waals surface area contributed by atoms with E-state index in [1.165, 1.54) is 28.0 Å². The summed E-state index contributed by atoms with van der Waals surface area (Å²) in [5, 5.41) is 8.85. The molecule has 0 bridgehead atoms. The number of benzene rings is 1. The van der Waals surface area contributed by atoms with Gasteiger partial charge in [0.1, 0.15) is 10.3 Å². The van der Waals surface area contributed by atoms with Crippen molar-refractivity contribution in [3.05, 3.63) is 34.3 Å². The van der Waals surface area contributed by atoms with Gasteiger partial charge in [0.15, 0.2) is 4.34 Å². The third-order valence-electron chi connectivity index (χ3n) is 2.94. The molecule has 3 rings (SSSR count). The van der Waals surface area contributed by atoms with Crippen molar-refractivity contribution in [2.75, 3.05) is 4.90 Å². The number of amides is 2. The Morgan fingerprint density at radius 2 is 2.00 bits per heavy atom. The molecule has 0 saturated carbocycles. The summed E-state index contributed by atoms with van der Waals surface area (Å²) in [6, 6.07) is 6.65. The van der Waals surface area contributed by atoms with Gasteiger partial charge in [-0.3, -0.25) is 9.59 Å². The molecule has 0 aliphatic carbocycles. The zero-order chi connectivity index (χ0) is 15.0. The SMILES string of the molecule is Cc1nnc(S[C@H]2CC(=O)N(c3ccc(Cl)cc3)C2=O)s1. The van der Waals surface area contributed by atoms with Gasteiger partial charge < -0.3 is 0 Å². The van der Waals surface area contributed by atoms with E-state index < -0.39 is 5.25 Å². The standard InChI is InChI=1S/C13H10ClN3O2S2/c1-7-15-16-13(20-7)21-10-6-11(18)17(12(10)19)9-4-2-8(14)3-5-9/h2-5,10H,6H2,1H3/t10-/m0/s1. The van der Waals surface area contributed by atoms with E-state index in [1.54, 1.807) is 24.3 Å². The number of hydrogen-bond donors (Lipinski definition) is 0. The minimum absolute atomic E-state index is 0.171. The largest absolute Gasteiger partial charge is 0.274 e. The van der Waals surface area contributed by atoms with Gasteiger partial charge >= 0.3 is 0 Å². The summed E-state index contributed by atoms with van der Waals surface area (Å²) in [7, 11) is 0. The third kappa shape index (κ3) is 2.95. The van der Waals surface area contributed by atoms with Crippen LogP contribution in [0.4, 0.5) is 5.69 Å². The van der Waals surface area contributed by atoms with Crippen LogP contribution in [0.25, 0.3) is 0 Å². The molecule has 2 heterocycles. The van der Waals surface area contributed by atoms with Gasteiger partial charge in [-0.05, 0) is 31.2 Å².